The summed E-state index contributed by atoms with van der Waals surface area (Å²) in [5.41, 5.74) is 0.466. The zero-order valence-corrected chi connectivity index (χ0v) is 19.3. The summed E-state index contributed by atoms with van der Waals surface area (Å²) in [5.74, 6) is -0.326. The number of rotatable bonds is 5. The summed E-state index contributed by atoms with van der Waals surface area (Å²) >= 11 is 0. The lowest BCUT2D eigenvalue weighted by atomic mass is 10.1. The largest absolute Gasteiger partial charge is 0.444 e. The van der Waals surface area contributed by atoms with Crippen molar-refractivity contribution in [2.45, 2.75) is 51.4 Å². The van der Waals surface area contributed by atoms with Gasteiger partial charge in [0.25, 0.3) is 11.8 Å². The van der Waals surface area contributed by atoms with Crippen LogP contribution in [0, 0.1) is 0 Å². The van der Waals surface area contributed by atoms with E-state index in [0.717, 1.165) is 13.0 Å². The number of amides is 3. The maximum Gasteiger partial charge on any atom is 0.407 e. The van der Waals surface area contributed by atoms with E-state index in [9.17, 15) is 14.4 Å². The molecule has 3 rings (SSSR count). The van der Waals surface area contributed by atoms with Gasteiger partial charge in [0.15, 0.2) is 0 Å². The summed E-state index contributed by atoms with van der Waals surface area (Å²) in [6.07, 6.45) is 0.642. The molecule has 2 aliphatic heterocycles. The third-order valence-electron chi connectivity index (χ3n) is 5.43. The van der Waals surface area contributed by atoms with Crippen LogP contribution in [0.3, 0.4) is 0 Å². The molecular formula is C23H34N4O5. The maximum atomic E-state index is 13.3. The first-order valence-electron chi connectivity index (χ1n) is 11.1. The van der Waals surface area contributed by atoms with Gasteiger partial charge in [-0.15, -0.1) is 0 Å². The third-order valence-corrected chi connectivity index (χ3v) is 5.43. The Balaban J connectivity index is 1.65. The second kappa shape index (κ2) is 10.3. The average molecular weight is 447 g/mol. The molecule has 2 heterocycles. The van der Waals surface area contributed by atoms with Crippen molar-refractivity contribution in [3.63, 3.8) is 0 Å². The molecule has 0 unspecified atom stereocenters. The summed E-state index contributed by atoms with van der Waals surface area (Å²) in [6, 6.07) is 6.74. The third kappa shape index (κ3) is 6.67. The molecule has 32 heavy (non-hydrogen) atoms. The Morgan fingerprint density at radius 2 is 2.00 bits per heavy atom. The molecule has 176 valence electrons. The van der Waals surface area contributed by atoms with Gasteiger partial charge >= 0.3 is 6.09 Å². The Hall–Kier alpha value is -2.65. The fourth-order valence-corrected chi connectivity index (χ4v) is 3.87. The van der Waals surface area contributed by atoms with E-state index in [-0.39, 0.29) is 17.9 Å². The number of hydrogen-bond donors (Lipinski definition) is 2. The molecule has 1 aromatic rings. The Bertz CT molecular complexity index is 832. The topological polar surface area (TPSA) is 100 Å². The molecule has 0 spiro atoms. The first-order valence-corrected chi connectivity index (χ1v) is 11.1. The molecule has 9 heteroatoms. The smallest absolute Gasteiger partial charge is 0.407 e. The molecule has 0 aliphatic carbocycles. The number of likely N-dealkylation sites (N-methyl/N-ethyl adjacent to an activating group) is 1. The van der Waals surface area contributed by atoms with Crippen molar-refractivity contribution in [3.05, 3.63) is 29.8 Å². The lowest BCUT2D eigenvalue weighted by Crippen LogP contribution is -2.58. The first-order chi connectivity index (χ1) is 15.1. The lowest BCUT2D eigenvalue weighted by molar-refractivity contribution is -0.124. The summed E-state index contributed by atoms with van der Waals surface area (Å²) in [6.45, 7) is 8.23. The molecule has 1 aromatic carbocycles. The fourth-order valence-electron chi connectivity index (χ4n) is 3.87. The van der Waals surface area contributed by atoms with E-state index in [0.29, 0.717) is 43.9 Å². The second-order valence-corrected chi connectivity index (χ2v) is 9.37. The number of piperazine rings is 1. The van der Waals surface area contributed by atoms with E-state index in [1.165, 1.54) is 0 Å². The Labute approximate surface area is 189 Å². The summed E-state index contributed by atoms with van der Waals surface area (Å²) < 4.78 is 10.7. The van der Waals surface area contributed by atoms with Crippen LogP contribution in [-0.2, 0) is 14.3 Å². The molecule has 2 aliphatic rings. The van der Waals surface area contributed by atoms with Crippen molar-refractivity contribution in [3.8, 4) is 0 Å². The first kappa shape index (κ1) is 24.0. The molecule has 0 radical (unpaired) electrons. The van der Waals surface area contributed by atoms with E-state index in [1.54, 1.807) is 49.9 Å². The molecule has 0 aromatic heterocycles. The Morgan fingerprint density at radius 3 is 2.69 bits per heavy atom. The van der Waals surface area contributed by atoms with Crippen LogP contribution < -0.4 is 10.6 Å². The molecular weight excluding hydrogens is 412 g/mol. The van der Waals surface area contributed by atoms with Gasteiger partial charge in [0, 0.05) is 44.0 Å². The number of hydrogen-bond acceptors (Lipinski definition) is 6. The Morgan fingerprint density at radius 1 is 1.22 bits per heavy atom. The predicted molar refractivity (Wildman–Crippen MR) is 121 cm³/mol. The summed E-state index contributed by atoms with van der Waals surface area (Å²) in [4.78, 5) is 41.6. The molecule has 2 atom stereocenters. The Kier molecular flexibility index (Phi) is 7.73. The van der Waals surface area contributed by atoms with Gasteiger partial charge in [-0.25, -0.2) is 4.79 Å². The minimum absolute atomic E-state index is 0.137. The van der Waals surface area contributed by atoms with Crippen LogP contribution >= 0.6 is 0 Å². The van der Waals surface area contributed by atoms with E-state index in [1.807, 2.05) is 7.05 Å². The number of nitrogens with one attached hydrogen (secondary N) is 2. The van der Waals surface area contributed by atoms with Crippen molar-refractivity contribution in [2.75, 3.05) is 45.2 Å². The minimum Gasteiger partial charge on any atom is -0.444 e. The number of benzene rings is 1. The second-order valence-electron chi connectivity index (χ2n) is 9.37. The highest BCUT2D eigenvalue weighted by atomic mass is 16.6. The predicted octanol–water partition coefficient (Wildman–Crippen LogP) is 2.08. The molecule has 2 N–H and O–H groups in total. The van der Waals surface area contributed by atoms with E-state index < -0.39 is 17.8 Å². The van der Waals surface area contributed by atoms with Gasteiger partial charge in [-0.05, 0) is 58.9 Å². The monoisotopic (exact) mass is 446 g/mol. The van der Waals surface area contributed by atoms with Gasteiger partial charge in [-0.3, -0.25) is 9.59 Å². The molecule has 0 bridgehead atoms. The van der Waals surface area contributed by atoms with Crippen LogP contribution in [0.15, 0.2) is 24.3 Å². The average Bonchev–Trinajstić information content (AvgIpc) is 3.26. The van der Waals surface area contributed by atoms with Crippen molar-refractivity contribution in [1.29, 1.82) is 0 Å². The van der Waals surface area contributed by atoms with Crippen LogP contribution in [0.25, 0.3) is 0 Å². The number of carbonyl (C=O) groups excluding carboxylic acids is 3. The van der Waals surface area contributed by atoms with Crippen LogP contribution in [-0.4, -0.2) is 85.3 Å². The van der Waals surface area contributed by atoms with Gasteiger partial charge in [-0.2, -0.15) is 0 Å². The molecule has 2 fully saturated rings. The van der Waals surface area contributed by atoms with Crippen molar-refractivity contribution in [2.24, 2.45) is 0 Å². The van der Waals surface area contributed by atoms with Gasteiger partial charge in [0.2, 0.25) is 0 Å². The van der Waals surface area contributed by atoms with Crippen LogP contribution in [0.5, 0.6) is 0 Å². The normalized spacial score (nSPS) is 21.8. The highest BCUT2D eigenvalue weighted by Crippen LogP contribution is 2.19. The standard InChI is InChI=1S/C23H34N4O5/c1-23(2,3)32-22(30)24-14-18-15-26(4)10-11-27(18)21(29)16-7-5-8-17(13-16)25-20(28)19-9-6-12-31-19/h5,7-8,13,18-19H,6,9-12,14-15H2,1-4H3,(H,24,30)(H,25,28)/t18-,19+/m1/s1. The van der Waals surface area contributed by atoms with Crippen molar-refractivity contribution >= 4 is 23.6 Å². The fraction of sp³-hybridized carbons (Fsp3) is 0.609. The summed E-state index contributed by atoms with van der Waals surface area (Å²) in [5, 5.41) is 5.63. The zero-order chi connectivity index (χ0) is 23.3. The number of alkyl carbamates (subject to hydrolysis) is 1. The van der Waals surface area contributed by atoms with Crippen LogP contribution in [0.1, 0.15) is 44.0 Å². The maximum absolute atomic E-state index is 13.3. The molecule has 9 nitrogen and oxygen atoms in total. The SMILES string of the molecule is CN1CCN(C(=O)c2cccc(NC(=O)[C@@H]3CCCO3)c2)[C@H](CNC(=O)OC(C)(C)C)C1. The van der Waals surface area contributed by atoms with Crippen LogP contribution in [0.4, 0.5) is 10.5 Å². The van der Waals surface area contributed by atoms with E-state index in [4.69, 9.17) is 9.47 Å². The molecule has 3 amide bonds. The van der Waals surface area contributed by atoms with E-state index >= 15 is 0 Å². The van der Waals surface area contributed by atoms with Gasteiger partial charge in [0.1, 0.15) is 11.7 Å². The number of nitrogens with zero attached hydrogens (tertiary/aromatic N) is 2. The lowest BCUT2D eigenvalue weighted by Gasteiger charge is -2.40. The van der Waals surface area contributed by atoms with Gasteiger partial charge in [0.05, 0.1) is 6.04 Å². The van der Waals surface area contributed by atoms with Gasteiger partial charge < -0.3 is 29.9 Å². The minimum atomic E-state index is -0.586. The number of ether oxygens (including phenoxy) is 2. The zero-order valence-electron chi connectivity index (χ0n) is 19.3. The highest BCUT2D eigenvalue weighted by molar-refractivity contribution is 5.98. The van der Waals surface area contributed by atoms with Gasteiger partial charge in [-0.1, -0.05) is 6.07 Å². The molecule has 2 saturated heterocycles. The molecule has 0 saturated carbocycles. The van der Waals surface area contributed by atoms with Crippen molar-refractivity contribution in [1.82, 2.24) is 15.1 Å². The quantitative estimate of drug-likeness (QED) is 0.718. The number of carbonyl (C=O) groups is 3. The number of anilines is 1. The highest BCUT2D eigenvalue weighted by Gasteiger charge is 2.31. The van der Waals surface area contributed by atoms with Crippen molar-refractivity contribution < 1.29 is 23.9 Å². The van der Waals surface area contributed by atoms with Crippen LogP contribution in [0.2, 0.25) is 0 Å². The van der Waals surface area contributed by atoms with E-state index in [2.05, 4.69) is 15.5 Å². The summed E-state index contributed by atoms with van der Waals surface area (Å²) in [7, 11) is 1.99.